The molecule has 0 bridgehead atoms. The first-order valence-electron chi connectivity index (χ1n) is 14.3. The van der Waals surface area contributed by atoms with Crippen molar-refractivity contribution in [2.45, 2.75) is 84.1 Å². The number of ether oxygens (including phenoxy) is 3. The van der Waals surface area contributed by atoms with Crippen LogP contribution in [0.1, 0.15) is 94.7 Å². The van der Waals surface area contributed by atoms with Gasteiger partial charge in [0.25, 0.3) is 0 Å². The Balaban J connectivity index is 1.31. The first-order chi connectivity index (χ1) is 19.0. The Morgan fingerprint density at radius 1 is 0.923 bits per heavy atom. The van der Waals surface area contributed by atoms with Crippen molar-refractivity contribution >= 4 is 21.6 Å². The molecule has 0 fully saturated rings. The van der Waals surface area contributed by atoms with Gasteiger partial charge in [0.2, 0.25) is 6.23 Å². The first-order valence-corrected chi connectivity index (χ1v) is 15.1. The van der Waals surface area contributed by atoms with Crippen LogP contribution in [-0.4, -0.2) is 23.4 Å². The monoisotopic (exact) mass is 590 g/mol. The number of halogens is 1. The molecule has 5 nitrogen and oxygen atoms in total. The second kappa shape index (κ2) is 12.9. The predicted octanol–water partition coefficient (Wildman–Crippen LogP) is 9.22. The lowest BCUT2D eigenvalue weighted by Crippen LogP contribution is -2.33. The van der Waals surface area contributed by atoms with Gasteiger partial charge in [-0.1, -0.05) is 55.0 Å². The van der Waals surface area contributed by atoms with Crippen molar-refractivity contribution in [1.82, 2.24) is 5.01 Å². The molecule has 2 aliphatic rings. The number of rotatable bonds is 12. The minimum Gasteiger partial charge on any atom is -0.494 e. The third-order valence-corrected chi connectivity index (χ3v) is 7.74. The van der Waals surface area contributed by atoms with Crippen LogP contribution in [0.3, 0.4) is 0 Å². The summed E-state index contributed by atoms with van der Waals surface area (Å²) in [5.74, 6) is 2.68. The summed E-state index contributed by atoms with van der Waals surface area (Å²) in [5, 5.41) is 7.23. The molecule has 0 N–H and O–H groups in total. The Hall–Kier alpha value is -2.99. The van der Waals surface area contributed by atoms with E-state index in [0.717, 1.165) is 63.6 Å². The van der Waals surface area contributed by atoms with Crippen molar-refractivity contribution in [3.05, 3.63) is 87.9 Å². The summed E-state index contributed by atoms with van der Waals surface area (Å²) < 4.78 is 19.5. The van der Waals surface area contributed by atoms with Gasteiger partial charge in [-0.2, -0.15) is 5.10 Å². The van der Waals surface area contributed by atoms with Gasteiger partial charge in [0.15, 0.2) is 0 Å². The Morgan fingerprint density at radius 3 is 2.38 bits per heavy atom. The van der Waals surface area contributed by atoms with Gasteiger partial charge in [0, 0.05) is 22.0 Å². The molecule has 0 radical (unpaired) electrons. The van der Waals surface area contributed by atoms with Crippen molar-refractivity contribution in [3.8, 4) is 17.2 Å². The van der Waals surface area contributed by atoms with Crippen molar-refractivity contribution in [1.29, 1.82) is 0 Å². The number of unbranched alkanes of at least 4 members (excludes halogenated alkanes) is 5. The molecule has 0 aliphatic carbocycles. The predicted molar refractivity (Wildman–Crippen MR) is 161 cm³/mol. The largest absolute Gasteiger partial charge is 0.494 e. The van der Waals surface area contributed by atoms with E-state index in [0.29, 0.717) is 0 Å². The molecule has 0 saturated carbocycles. The molecular weight excluding hydrogens is 552 g/mol. The fourth-order valence-corrected chi connectivity index (χ4v) is 5.63. The summed E-state index contributed by atoms with van der Waals surface area (Å²) in [6.07, 6.45) is 8.21. The Labute approximate surface area is 241 Å². The zero-order chi connectivity index (χ0) is 27.2. The summed E-state index contributed by atoms with van der Waals surface area (Å²) in [5.41, 5.74) is 4.37. The maximum Gasteiger partial charge on any atom is 0.213 e. The van der Waals surface area contributed by atoms with Gasteiger partial charge in [0.1, 0.15) is 17.2 Å². The standard InChI is InChI=1S/C33H39BrN2O3/c1-4-5-6-7-8-9-20-37-27-15-12-25(13-16-27)33-36-31(29-21-26(34)14-19-32(29)39-33)22-30(35-36)24-10-17-28(18-11-24)38-23(2)3/h10-19,21,23,31,33H,4-9,20,22H2,1-3H3/t31-,33+/m0/s1. The summed E-state index contributed by atoms with van der Waals surface area (Å²) >= 11 is 3.64. The summed E-state index contributed by atoms with van der Waals surface area (Å²) in [6.45, 7) is 7.09. The third-order valence-electron chi connectivity index (χ3n) is 7.24. The summed E-state index contributed by atoms with van der Waals surface area (Å²) in [4.78, 5) is 0. The lowest BCUT2D eigenvalue weighted by molar-refractivity contribution is -0.0191. The molecule has 0 amide bonds. The second-order valence-corrected chi connectivity index (χ2v) is 11.6. The highest BCUT2D eigenvalue weighted by molar-refractivity contribution is 9.10. The highest BCUT2D eigenvalue weighted by Crippen LogP contribution is 2.48. The van der Waals surface area contributed by atoms with E-state index in [1.54, 1.807) is 0 Å². The molecule has 6 heteroatoms. The van der Waals surface area contributed by atoms with Gasteiger partial charge in [-0.25, -0.2) is 5.01 Å². The topological polar surface area (TPSA) is 43.3 Å². The number of fused-ring (bicyclic) bond motifs is 3. The zero-order valence-corrected chi connectivity index (χ0v) is 24.8. The van der Waals surface area contributed by atoms with Crippen molar-refractivity contribution in [2.75, 3.05) is 6.61 Å². The van der Waals surface area contributed by atoms with Gasteiger partial charge in [-0.05, 0) is 92.6 Å². The maximum absolute atomic E-state index is 6.56. The van der Waals surface area contributed by atoms with E-state index in [-0.39, 0.29) is 18.4 Å². The van der Waals surface area contributed by atoms with Crippen molar-refractivity contribution < 1.29 is 14.2 Å². The smallest absolute Gasteiger partial charge is 0.213 e. The van der Waals surface area contributed by atoms with Gasteiger partial charge < -0.3 is 14.2 Å². The second-order valence-electron chi connectivity index (χ2n) is 10.7. The fourth-order valence-electron chi connectivity index (χ4n) is 5.25. The van der Waals surface area contributed by atoms with E-state index in [4.69, 9.17) is 19.3 Å². The van der Waals surface area contributed by atoms with Crippen LogP contribution in [0.25, 0.3) is 0 Å². The normalized spacial score (nSPS) is 17.9. The maximum atomic E-state index is 6.56. The number of benzene rings is 3. The molecule has 206 valence electrons. The molecule has 2 heterocycles. The van der Waals surface area contributed by atoms with Crippen LogP contribution >= 0.6 is 15.9 Å². The van der Waals surface area contributed by atoms with Gasteiger partial charge in [-0.15, -0.1) is 0 Å². The molecule has 0 unspecified atom stereocenters. The Bertz CT molecular complexity index is 1260. The molecule has 0 spiro atoms. The SMILES string of the molecule is CCCCCCCCOc1ccc([C@H]2Oc3ccc(Br)cc3[C@@H]3CC(c4ccc(OC(C)C)cc4)=NN23)cc1. The van der Waals surface area contributed by atoms with E-state index in [2.05, 4.69) is 76.4 Å². The minimum atomic E-state index is -0.308. The average molecular weight is 592 g/mol. The van der Waals surface area contributed by atoms with E-state index in [9.17, 15) is 0 Å². The van der Waals surface area contributed by atoms with Crippen LogP contribution in [0, 0.1) is 0 Å². The lowest BCUT2D eigenvalue weighted by Gasteiger charge is -2.38. The number of hydrazone groups is 1. The van der Waals surface area contributed by atoms with E-state index >= 15 is 0 Å². The van der Waals surface area contributed by atoms with Crippen LogP contribution in [0.4, 0.5) is 0 Å². The van der Waals surface area contributed by atoms with E-state index in [1.807, 2.05) is 32.0 Å². The molecule has 2 aliphatic heterocycles. The van der Waals surface area contributed by atoms with Crippen LogP contribution in [-0.2, 0) is 0 Å². The van der Waals surface area contributed by atoms with Gasteiger partial charge in [0.05, 0.1) is 24.5 Å². The molecule has 0 saturated heterocycles. The van der Waals surface area contributed by atoms with Crippen molar-refractivity contribution in [3.63, 3.8) is 0 Å². The average Bonchev–Trinajstić information content (AvgIpc) is 3.39. The highest BCUT2D eigenvalue weighted by atomic mass is 79.9. The van der Waals surface area contributed by atoms with Crippen LogP contribution in [0.15, 0.2) is 76.3 Å². The van der Waals surface area contributed by atoms with E-state index < -0.39 is 0 Å². The molecule has 0 aromatic heterocycles. The number of nitrogens with zero attached hydrogens (tertiary/aromatic N) is 2. The quantitative estimate of drug-likeness (QED) is 0.197. The third kappa shape index (κ3) is 6.78. The summed E-state index contributed by atoms with van der Waals surface area (Å²) in [6, 6.07) is 22.9. The van der Waals surface area contributed by atoms with Gasteiger partial charge in [-0.3, -0.25) is 0 Å². The van der Waals surface area contributed by atoms with Gasteiger partial charge >= 0.3 is 0 Å². The van der Waals surface area contributed by atoms with E-state index in [1.165, 1.54) is 32.1 Å². The molecule has 5 rings (SSSR count). The molecular formula is C33H39BrN2O3. The molecule has 3 aromatic rings. The van der Waals surface area contributed by atoms with Crippen LogP contribution in [0.2, 0.25) is 0 Å². The zero-order valence-electron chi connectivity index (χ0n) is 23.2. The van der Waals surface area contributed by atoms with Crippen LogP contribution in [0.5, 0.6) is 17.2 Å². The first kappa shape index (κ1) is 27.6. The Kier molecular flexibility index (Phi) is 9.13. The minimum absolute atomic E-state index is 0.0986. The molecule has 2 atom stereocenters. The van der Waals surface area contributed by atoms with Crippen molar-refractivity contribution in [2.24, 2.45) is 5.10 Å². The fraction of sp³-hybridized carbons (Fsp3) is 0.424. The number of hydrogen-bond acceptors (Lipinski definition) is 5. The summed E-state index contributed by atoms with van der Waals surface area (Å²) in [7, 11) is 0. The lowest BCUT2D eigenvalue weighted by atomic mass is 9.96. The molecule has 3 aromatic carbocycles. The highest BCUT2D eigenvalue weighted by Gasteiger charge is 2.41. The Morgan fingerprint density at radius 2 is 1.64 bits per heavy atom. The molecule has 39 heavy (non-hydrogen) atoms. The number of hydrogen-bond donors (Lipinski definition) is 0. The van der Waals surface area contributed by atoms with Crippen LogP contribution < -0.4 is 14.2 Å².